The summed E-state index contributed by atoms with van der Waals surface area (Å²) in [6, 6.07) is 8.17. The average Bonchev–Trinajstić information content (AvgIpc) is 3.16. The van der Waals surface area contributed by atoms with Crippen molar-refractivity contribution in [3.8, 4) is 5.75 Å². The molecule has 1 saturated carbocycles. The molecule has 2 heterocycles. The van der Waals surface area contributed by atoms with E-state index in [0.717, 1.165) is 44.4 Å². The van der Waals surface area contributed by atoms with Gasteiger partial charge in [-0.05, 0) is 62.6 Å². The fourth-order valence-electron chi connectivity index (χ4n) is 5.18. The summed E-state index contributed by atoms with van der Waals surface area (Å²) in [5, 5.41) is 15.4. The molecule has 0 aromatic heterocycles. The maximum Gasteiger partial charge on any atom is 0.303 e. The third-order valence-electron chi connectivity index (χ3n) is 6.93. The SMILES string of the molecule is O=C(O)CCCOc1ccccc1C1CCC(OC[C@@H]2NCC[C@@]23COCC(=O)N3)CC1. The maximum absolute atomic E-state index is 11.8. The Morgan fingerprint density at radius 1 is 1.22 bits per heavy atom. The lowest BCUT2D eigenvalue weighted by molar-refractivity contribution is -0.137. The highest BCUT2D eigenvalue weighted by molar-refractivity contribution is 5.79. The van der Waals surface area contributed by atoms with Gasteiger partial charge in [-0.1, -0.05) is 18.2 Å². The van der Waals surface area contributed by atoms with Gasteiger partial charge in [-0.3, -0.25) is 9.59 Å². The summed E-state index contributed by atoms with van der Waals surface area (Å²) in [5.41, 5.74) is 0.864. The van der Waals surface area contributed by atoms with Crippen molar-refractivity contribution in [1.29, 1.82) is 0 Å². The fourth-order valence-corrected chi connectivity index (χ4v) is 5.18. The van der Waals surface area contributed by atoms with E-state index >= 15 is 0 Å². The van der Waals surface area contributed by atoms with Crippen LogP contribution in [0.1, 0.15) is 56.4 Å². The van der Waals surface area contributed by atoms with Gasteiger partial charge in [0.05, 0.1) is 37.5 Å². The number of carbonyl (C=O) groups is 2. The zero-order valence-corrected chi connectivity index (χ0v) is 18.5. The van der Waals surface area contributed by atoms with Gasteiger partial charge in [-0.25, -0.2) is 0 Å². The summed E-state index contributed by atoms with van der Waals surface area (Å²) in [6.07, 6.45) is 5.75. The van der Waals surface area contributed by atoms with Crippen LogP contribution in [-0.2, 0) is 19.1 Å². The summed E-state index contributed by atoms with van der Waals surface area (Å²) >= 11 is 0. The molecule has 2 atom stereocenters. The third-order valence-corrected chi connectivity index (χ3v) is 6.93. The Hall–Kier alpha value is -2.16. The summed E-state index contributed by atoms with van der Waals surface area (Å²) in [7, 11) is 0. The molecule has 0 unspecified atom stereocenters. The maximum atomic E-state index is 11.8. The first-order valence-corrected chi connectivity index (χ1v) is 11.7. The topological polar surface area (TPSA) is 106 Å². The number of benzene rings is 1. The van der Waals surface area contributed by atoms with E-state index in [4.69, 9.17) is 19.3 Å². The molecule has 1 spiro atoms. The molecule has 3 fully saturated rings. The van der Waals surface area contributed by atoms with E-state index in [9.17, 15) is 9.59 Å². The van der Waals surface area contributed by atoms with Gasteiger partial charge in [0, 0.05) is 6.42 Å². The second-order valence-electron chi connectivity index (χ2n) is 9.14. The van der Waals surface area contributed by atoms with E-state index in [2.05, 4.69) is 16.7 Å². The lowest BCUT2D eigenvalue weighted by atomic mass is 9.82. The highest BCUT2D eigenvalue weighted by Crippen LogP contribution is 2.38. The molecule has 3 aliphatic rings. The molecular weight excluding hydrogens is 412 g/mol. The predicted octanol–water partition coefficient (Wildman–Crippen LogP) is 2.22. The monoisotopic (exact) mass is 446 g/mol. The quantitative estimate of drug-likeness (QED) is 0.500. The molecule has 0 radical (unpaired) electrons. The predicted molar refractivity (Wildman–Crippen MR) is 118 cm³/mol. The van der Waals surface area contributed by atoms with Gasteiger partial charge in [0.15, 0.2) is 0 Å². The van der Waals surface area contributed by atoms with Crippen LogP contribution in [0.25, 0.3) is 0 Å². The normalized spacial score (nSPS) is 30.2. The molecular formula is C24H34N2O6. The van der Waals surface area contributed by atoms with Crippen LogP contribution in [0.5, 0.6) is 5.75 Å². The van der Waals surface area contributed by atoms with E-state index in [-0.39, 0.29) is 36.6 Å². The Morgan fingerprint density at radius 2 is 2.03 bits per heavy atom. The van der Waals surface area contributed by atoms with Crippen LogP contribution in [0.2, 0.25) is 0 Å². The minimum atomic E-state index is -0.794. The Labute approximate surface area is 189 Å². The number of carboxylic acids is 1. The smallest absolute Gasteiger partial charge is 0.303 e. The number of para-hydroxylation sites is 1. The molecule has 1 aromatic rings. The van der Waals surface area contributed by atoms with Gasteiger partial charge in [0.1, 0.15) is 12.4 Å². The van der Waals surface area contributed by atoms with Crippen molar-refractivity contribution in [2.24, 2.45) is 0 Å². The lowest BCUT2D eigenvalue weighted by Gasteiger charge is -2.39. The molecule has 1 aliphatic carbocycles. The number of nitrogens with one attached hydrogen (secondary N) is 2. The van der Waals surface area contributed by atoms with Crippen molar-refractivity contribution in [2.75, 3.05) is 33.0 Å². The number of rotatable bonds is 9. The molecule has 2 saturated heterocycles. The Morgan fingerprint density at radius 3 is 2.81 bits per heavy atom. The molecule has 4 rings (SSSR count). The first-order chi connectivity index (χ1) is 15.6. The van der Waals surface area contributed by atoms with Gasteiger partial charge in [0.25, 0.3) is 0 Å². The minimum Gasteiger partial charge on any atom is -0.493 e. The highest BCUT2D eigenvalue weighted by atomic mass is 16.5. The zero-order valence-electron chi connectivity index (χ0n) is 18.5. The molecule has 3 N–H and O–H groups in total. The van der Waals surface area contributed by atoms with Crippen molar-refractivity contribution in [1.82, 2.24) is 10.6 Å². The molecule has 8 heteroatoms. The summed E-state index contributed by atoms with van der Waals surface area (Å²) in [5.74, 6) is 0.450. The van der Waals surface area contributed by atoms with Crippen molar-refractivity contribution in [3.63, 3.8) is 0 Å². The fraction of sp³-hybridized carbons (Fsp3) is 0.667. The van der Waals surface area contributed by atoms with Crippen molar-refractivity contribution < 1.29 is 28.9 Å². The van der Waals surface area contributed by atoms with E-state index in [0.29, 0.717) is 32.2 Å². The number of hydrogen-bond acceptors (Lipinski definition) is 6. The first kappa shape index (κ1) is 23.0. The van der Waals surface area contributed by atoms with Gasteiger partial charge in [0.2, 0.25) is 5.91 Å². The second-order valence-corrected chi connectivity index (χ2v) is 9.14. The summed E-state index contributed by atoms with van der Waals surface area (Å²) in [4.78, 5) is 22.5. The van der Waals surface area contributed by atoms with Gasteiger partial charge < -0.3 is 30.0 Å². The van der Waals surface area contributed by atoms with Crippen LogP contribution in [0.4, 0.5) is 0 Å². The Balaban J connectivity index is 1.25. The van der Waals surface area contributed by atoms with E-state index in [1.165, 1.54) is 5.56 Å². The summed E-state index contributed by atoms with van der Waals surface area (Å²) < 4.78 is 17.7. The van der Waals surface area contributed by atoms with E-state index in [1.807, 2.05) is 18.2 Å². The van der Waals surface area contributed by atoms with Crippen molar-refractivity contribution in [3.05, 3.63) is 29.8 Å². The van der Waals surface area contributed by atoms with Crippen molar-refractivity contribution >= 4 is 11.9 Å². The van der Waals surface area contributed by atoms with Crippen LogP contribution in [-0.4, -0.2) is 67.6 Å². The molecule has 1 amide bonds. The third kappa shape index (κ3) is 5.60. The molecule has 176 valence electrons. The Bertz CT molecular complexity index is 794. The lowest BCUT2D eigenvalue weighted by Crippen LogP contribution is -2.64. The standard InChI is InChI=1S/C24H34N2O6/c27-22-15-30-16-24(26-22)11-12-25-21(24)14-32-18-9-7-17(8-10-18)19-4-1-2-5-20(19)31-13-3-6-23(28)29/h1-2,4-5,17-18,21,25H,3,6-16H2,(H,26,27)(H,28,29)/t17?,18?,21-,24+/m0/s1. The van der Waals surface area contributed by atoms with Crippen LogP contribution >= 0.6 is 0 Å². The van der Waals surface area contributed by atoms with Crippen molar-refractivity contribution in [2.45, 2.75) is 68.5 Å². The first-order valence-electron chi connectivity index (χ1n) is 11.7. The van der Waals surface area contributed by atoms with Gasteiger partial charge in [-0.15, -0.1) is 0 Å². The molecule has 8 nitrogen and oxygen atoms in total. The highest BCUT2D eigenvalue weighted by Gasteiger charge is 2.46. The van der Waals surface area contributed by atoms with E-state index in [1.54, 1.807) is 0 Å². The number of carbonyl (C=O) groups excluding carboxylic acids is 1. The number of carboxylic acid groups (broad SMARTS) is 1. The number of morpholine rings is 1. The number of amides is 1. The minimum absolute atomic E-state index is 0.0469. The molecule has 1 aromatic carbocycles. The zero-order chi connectivity index (χ0) is 22.4. The molecule has 0 bridgehead atoms. The van der Waals surface area contributed by atoms with Crippen LogP contribution in [0.3, 0.4) is 0 Å². The number of hydrogen-bond donors (Lipinski definition) is 3. The number of ether oxygens (including phenoxy) is 3. The van der Waals surface area contributed by atoms with E-state index < -0.39 is 5.97 Å². The van der Waals surface area contributed by atoms with Crippen LogP contribution in [0.15, 0.2) is 24.3 Å². The molecule has 2 aliphatic heterocycles. The molecule has 32 heavy (non-hydrogen) atoms. The van der Waals surface area contributed by atoms with Gasteiger partial charge in [-0.2, -0.15) is 0 Å². The van der Waals surface area contributed by atoms with Crippen LogP contribution < -0.4 is 15.4 Å². The van der Waals surface area contributed by atoms with Gasteiger partial charge >= 0.3 is 5.97 Å². The number of aliphatic carboxylic acids is 1. The Kier molecular flexibility index (Phi) is 7.65. The summed E-state index contributed by atoms with van der Waals surface area (Å²) in [6.45, 7) is 2.52. The van der Waals surface area contributed by atoms with Crippen LogP contribution in [0, 0.1) is 0 Å². The largest absolute Gasteiger partial charge is 0.493 e. The second kappa shape index (κ2) is 10.6. The average molecular weight is 447 g/mol.